The van der Waals surface area contributed by atoms with Crippen LogP contribution < -0.4 is 16.0 Å². The van der Waals surface area contributed by atoms with Crippen molar-refractivity contribution in [1.82, 2.24) is 20.9 Å². The summed E-state index contributed by atoms with van der Waals surface area (Å²) in [6.45, 7) is 8.04. The van der Waals surface area contributed by atoms with Crippen LogP contribution in [0.4, 0.5) is 0 Å². The zero-order chi connectivity index (χ0) is 29.2. The molecule has 1 spiro atoms. The Balaban J connectivity index is 1.56. The van der Waals surface area contributed by atoms with Crippen molar-refractivity contribution in [3.8, 4) is 0 Å². The molecule has 4 rings (SSSR count). The van der Waals surface area contributed by atoms with E-state index in [1.807, 2.05) is 52.0 Å². The number of oxime groups is 1. The summed E-state index contributed by atoms with van der Waals surface area (Å²) in [5.41, 5.74) is 0.409. The van der Waals surface area contributed by atoms with Gasteiger partial charge in [-0.2, -0.15) is 0 Å². The number of amides is 3. The second-order valence-corrected chi connectivity index (χ2v) is 13.3. The minimum Gasteiger partial charge on any atom is -0.387 e. The number of aliphatic hydroxyl groups excluding tert-OH is 1. The molecule has 1 aromatic rings. The molecule has 4 N–H and O–H groups in total. The molecule has 10 nitrogen and oxygen atoms in total. The van der Waals surface area contributed by atoms with Crippen molar-refractivity contribution in [2.24, 2.45) is 10.6 Å². The zero-order valence-corrected chi connectivity index (χ0v) is 25.6. The van der Waals surface area contributed by atoms with E-state index in [0.29, 0.717) is 19.3 Å². The van der Waals surface area contributed by atoms with Gasteiger partial charge in [0.15, 0.2) is 11.7 Å². The van der Waals surface area contributed by atoms with E-state index in [-0.39, 0.29) is 24.9 Å². The lowest BCUT2D eigenvalue weighted by molar-refractivity contribution is -0.143. The molecule has 11 heteroatoms. The molecule has 0 aromatic heterocycles. The molecule has 1 aliphatic carbocycles. The van der Waals surface area contributed by atoms with E-state index in [1.54, 1.807) is 11.9 Å². The first-order valence-corrected chi connectivity index (χ1v) is 14.9. The molecule has 3 aliphatic rings. The van der Waals surface area contributed by atoms with E-state index in [0.717, 1.165) is 28.6 Å². The van der Waals surface area contributed by atoms with E-state index in [4.69, 9.17) is 4.84 Å². The van der Waals surface area contributed by atoms with Gasteiger partial charge in [-0.3, -0.25) is 14.4 Å². The number of likely N-dealkylation sites (N-methyl/N-ethyl adjacent to an activating group) is 1. The summed E-state index contributed by atoms with van der Waals surface area (Å²) in [5.74, 6) is -1.10. The van der Waals surface area contributed by atoms with Crippen LogP contribution in [0.3, 0.4) is 0 Å². The van der Waals surface area contributed by atoms with E-state index in [1.165, 1.54) is 0 Å². The fraction of sp³-hybridized carbons (Fsp3) is 0.655. The number of likely N-dealkylation sites (tertiary alicyclic amines) is 1. The highest BCUT2D eigenvalue weighted by atomic mass is 79.9. The molecule has 2 heterocycles. The third kappa shape index (κ3) is 6.86. The highest BCUT2D eigenvalue weighted by Crippen LogP contribution is 2.40. The Morgan fingerprint density at radius 1 is 1.27 bits per heavy atom. The summed E-state index contributed by atoms with van der Waals surface area (Å²) in [4.78, 5) is 48.0. The van der Waals surface area contributed by atoms with Crippen LogP contribution in [0.15, 0.2) is 33.9 Å². The Labute approximate surface area is 244 Å². The molecule has 3 amide bonds. The van der Waals surface area contributed by atoms with E-state index >= 15 is 0 Å². The van der Waals surface area contributed by atoms with Gasteiger partial charge in [0.25, 0.3) is 5.91 Å². The molecule has 40 heavy (non-hydrogen) atoms. The Bertz CT molecular complexity index is 1150. The molecule has 0 bridgehead atoms. The number of nitrogens with zero attached hydrogens (tertiary/aromatic N) is 2. The smallest absolute Gasteiger partial charge is 0.251 e. The first-order chi connectivity index (χ1) is 18.9. The van der Waals surface area contributed by atoms with E-state index in [9.17, 15) is 19.5 Å². The number of hydrogen-bond acceptors (Lipinski definition) is 7. The lowest BCUT2D eigenvalue weighted by Gasteiger charge is -2.35. The molecule has 0 radical (unpaired) electrons. The minimum atomic E-state index is -1.38. The van der Waals surface area contributed by atoms with Crippen LogP contribution in [-0.2, 0) is 19.2 Å². The average Bonchev–Trinajstić information content (AvgIpc) is 3.48. The second kappa shape index (κ2) is 12.2. The van der Waals surface area contributed by atoms with Gasteiger partial charge in [0.1, 0.15) is 6.04 Å². The lowest BCUT2D eigenvalue weighted by Crippen LogP contribution is -2.58. The number of halogens is 1. The highest BCUT2D eigenvalue weighted by Gasteiger charge is 2.55. The monoisotopic (exact) mass is 619 g/mol. The Morgan fingerprint density at radius 2 is 2.00 bits per heavy atom. The highest BCUT2D eigenvalue weighted by molar-refractivity contribution is 9.10. The first-order valence-electron chi connectivity index (χ1n) is 14.1. The van der Waals surface area contributed by atoms with Gasteiger partial charge in [-0.25, -0.2) is 0 Å². The van der Waals surface area contributed by atoms with Crippen LogP contribution >= 0.6 is 15.9 Å². The second-order valence-electron chi connectivity index (χ2n) is 12.4. The number of aliphatic hydroxyl groups is 1. The van der Waals surface area contributed by atoms with Gasteiger partial charge in [0.05, 0.1) is 24.3 Å². The van der Waals surface area contributed by atoms with Crippen molar-refractivity contribution in [2.75, 3.05) is 13.6 Å². The quantitative estimate of drug-likeness (QED) is 0.318. The van der Waals surface area contributed by atoms with Crippen LogP contribution in [0.2, 0.25) is 0 Å². The van der Waals surface area contributed by atoms with Gasteiger partial charge < -0.3 is 30.8 Å². The lowest BCUT2D eigenvalue weighted by atomic mass is 9.85. The van der Waals surface area contributed by atoms with Crippen molar-refractivity contribution in [3.05, 3.63) is 34.3 Å². The molecule has 2 aliphatic heterocycles. The predicted molar refractivity (Wildman–Crippen MR) is 156 cm³/mol. The molecule has 2 unspecified atom stereocenters. The normalized spacial score (nSPS) is 24.7. The molecule has 220 valence electrons. The Kier molecular flexibility index (Phi) is 9.26. The molecule has 1 aromatic carbocycles. The van der Waals surface area contributed by atoms with Crippen molar-refractivity contribution < 1.29 is 24.3 Å². The van der Waals surface area contributed by atoms with Crippen LogP contribution in [0.25, 0.3) is 0 Å². The molecule has 1 saturated carbocycles. The van der Waals surface area contributed by atoms with Gasteiger partial charge in [-0.15, -0.1) is 0 Å². The van der Waals surface area contributed by atoms with Crippen LogP contribution in [0.1, 0.15) is 71.8 Å². The molecule has 1 saturated heterocycles. The number of benzene rings is 1. The number of carbonyl (C=O) groups excluding carboxylic acids is 3. The van der Waals surface area contributed by atoms with Gasteiger partial charge in [-0.05, 0) is 43.9 Å². The van der Waals surface area contributed by atoms with Crippen LogP contribution in [-0.4, -0.2) is 82.9 Å². The summed E-state index contributed by atoms with van der Waals surface area (Å²) in [7, 11) is 1.74. The van der Waals surface area contributed by atoms with Gasteiger partial charge in [0.2, 0.25) is 11.8 Å². The maximum absolute atomic E-state index is 13.9. The number of carbonyl (C=O) groups is 3. The van der Waals surface area contributed by atoms with Crippen molar-refractivity contribution >= 4 is 39.4 Å². The van der Waals surface area contributed by atoms with Crippen LogP contribution in [0, 0.1) is 5.41 Å². The maximum Gasteiger partial charge on any atom is 0.251 e. The summed E-state index contributed by atoms with van der Waals surface area (Å²) in [6.07, 6.45) is 2.19. The van der Waals surface area contributed by atoms with E-state index in [2.05, 4.69) is 37.0 Å². The SMILES string of the molecule is CCCC(NC(=O)[C@@H]1C[C@]2(CC(c3cccc(Br)c3)=NO2)CN1C(=O)[C@@H](NC)C(C)(C)C)C(O)C(=O)NC1CC1. The largest absolute Gasteiger partial charge is 0.387 e. The topological polar surface area (TPSA) is 132 Å². The standard InChI is InChI=1S/C29H42BrN5O5/c1-6-8-20(23(36)26(38)32-19-11-12-19)33-25(37)22-15-29(16-35(22)27(39)24(31-5)28(2,3)4)14-21(34-40-29)17-9-7-10-18(30)13-17/h7,9-10,13,19-20,22-24,31,36H,6,8,11-12,14-16H2,1-5H3,(H,32,38)(H,33,37)/t20?,22-,23?,24+,29+/m0/s1. The summed E-state index contributed by atoms with van der Waals surface area (Å²) >= 11 is 3.50. The summed E-state index contributed by atoms with van der Waals surface area (Å²) < 4.78 is 0.919. The zero-order valence-electron chi connectivity index (χ0n) is 24.0. The number of hydrogen-bond donors (Lipinski definition) is 4. The Hall–Kier alpha value is -2.50. The molecular weight excluding hydrogens is 578 g/mol. The predicted octanol–water partition coefficient (Wildman–Crippen LogP) is 2.47. The number of rotatable bonds is 10. The molecule has 2 fully saturated rings. The van der Waals surface area contributed by atoms with E-state index < -0.39 is 47.1 Å². The van der Waals surface area contributed by atoms with Gasteiger partial charge >= 0.3 is 0 Å². The first kappa shape index (κ1) is 30.5. The van der Waals surface area contributed by atoms with Crippen molar-refractivity contribution in [3.63, 3.8) is 0 Å². The molecule has 5 atom stereocenters. The fourth-order valence-corrected chi connectivity index (χ4v) is 6.04. The number of nitrogens with one attached hydrogen (secondary N) is 3. The summed E-state index contributed by atoms with van der Waals surface area (Å²) in [6, 6.07) is 5.71. The maximum atomic E-state index is 13.9. The average molecular weight is 621 g/mol. The fourth-order valence-electron chi connectivity index (χ4n) is 5.64. The van der Waals surface area contributed by atoms with Gasteiger partial charge in [-0.1, -0.05) is 67.3 Å². The van der Waals surface area contributed by atoms with Gasteiger partial charge in [0, 0.05) is 28.9 Å². The third-order valence-electron chi connectivity index (χ3n) is 7.89. The molecular formula is C29H42BrN5O5. The Morgan fingerprint density at radius 3 is 2.60 bits per heavy atom. The van der Waals surface area contributed by atoms with Crippen LogP contribution in [0.5, 0.6) is 0 Å². The minimum absolute atomic E-state index is 0.0951. The van der Waals surface area contributed by atoms with Crippen molar-refractivity contribution in [1.29, 1.82) is 0 Å². The third-order valence-corrected chi connectivity index (χ3v) is 8.38. The summed E-state index contributed by atoms with van der Waals surface area (Å²) in [5, 5.41) is 24.0. The van der Waals surface area contributed by atoms with Crippen molar-refractivity contribution in [2.45, 2.75) is 102 Å².